The lowest BCUT2D eigenvalue weighted by Crippen LogP contribution is -1.98. The quantitative estimate of drug-likeness (QED) is 0.423. The lowest BCUT2D eigenvalue weighted by molar-refractivity contribution is 0.879. The number of aryl methyl sites for hydroxylation is 1. The standard InChI is InChI=1S/C23H17N3/c1-16-21-22(17-10-4-2-5-11-17)19-14-8-9-15-20(19)24-23(21)26(25-16)18-12-6-3-7-13-18/h2-15H,1H3. The Morgan fingerprint density at radius 3 is 2.15 bits per heavy atom. The molecule has 0 fully saturated rings. The first kappa shape index (κ1) is 14.8. The van der Waals surface area contributed by atoms with Crippen LogP contribution in [0.4, 0.5) is 0 Å². The number of hydrogen-bond acceptors (Lipinski definition) is 2. The minimum absolute atomic E-state index is 0.895. The summed E-state index contributed by atoms with van der Waals surface area (Å²) in [6.07, 6.45) is 0. The minimum Gasteiger partial charge on any atom is -0.228 e. The molecule has 0 N–H and O–H groups in total. The van der Waals surface area contributed by atoms with Crippen LogP contribution in [0.25, 0.3) is 38.8 Å². The predicted molar refractivity (Wildman–Crippen MR) is 107 cm³/mol. The van der Waals surface area contributed by atoms with Crippen molar-refractivity contribution in [2.75, 3.05) is 0 Å². The number of rotatable bonds is 2. The molecule has 0 bridgehead atoms. The van der Waals surface area contributed by atoms with Gasteiger partial charge in [-0.1, -0.05) is 66.7 Å². The topological polar surface area (TPSA) is 30.7 Å². The lowest BCUT2D eigenvalue weighted by Gasteiger charge is -2.10. The van der Waals surface area contributed by atoms with Crippen molar-refractivity contribution in [3.05, 3.63) is 90.6 Å². The molecule has 3 nitrogen and oxygen atoms in total. The maximum atomic E-state index is 4.96. The molecule has 0 aliphatic heterocycles. The zero-order valence-electron chi connectivity index (χ0n) is 14.4. The highest BCUT2D eigenvalue weighted by Gasteiger charge is 2.18. The van der Waals surface area contributed by atoms with Crippen molar-refractivity contribution in [3.8, 4) is 16.8 Å². The molecular weight excluding hydrogens is 318 g/mol. The van der Waals surface area contributed by atoms with Gasteiger partial charge in [-0.05, 0) is 30.7 Å². The molecule has 26 heavy (non-hydrogen) atoms. The Morgan fingerprint density at radius 2 is 1.38 bits per heavy atom. The van der Waals surface area contributed by atoms with Crippen LogP contribution < -0.4 is 0 Å². The summed E-state index contributed by atoms with van der Waals surface area (Å²) in [6, 6.07) is 29.0. The molecule has 2 aromatic heterocycles. The average molecular weight is 335 g/mol. The molecule has 0 aliphatic carbocycles. The van der Waals surface area contributed by atoms with Gasteiger partial charge in [-0.2, -0.15) is 5.10 Å². The molecule has 3 aromatic carbocycles. The summed E-state index contributed by atoms with van der Waals surface area (Å²) < 4.78 is 1.95. The van der Waals surface area contributed by atoms with Crippen LogP contribution in [0, 0.1) is 6.92 Å². The van der Waals surface area contributed by atoms with Crippen molar-refractivity contribution in [2.24, 2.45) is 0 Å². The first-order valence-electron chi connectivity index (χ1n) is 8.72. The molecule has 2 heterocycles. The average Bonchev–Trinajstić information content (AvgIpc) is 3.04. The SMILES string of the molecule is Cc1nn(-c2ccccc2)c2nc3ccccc3c(-c3ccccc3)c12. The molecule has 0 unspecified atom stereocenters. The molecule has 0 saturated heterocycles. The van der Waals surface area contributed by atoms with Gasteiger partial charge < -0.3 is 0 Å². The van der Waals surface area contributed by atoms with Gasteiger partial charge >= 0.3 is 0 Å². The normalized spacial score (nSPS) is 11.3. The van der Waals surface area contributed by atoms with Gasteiger partial charge in [0.25, 0.3) is 0 Å². The molecule has 124 valence electrons. The second-order valence-electron chi connectivity index (χ2n) is 6.40. The van der Waals surface area contributed by atoms with E-state index in [1.165, 1.54) is 11.1 Å². The third-order valence-electron chi connectivity index (χ3n) is 4.75. The molecule has 0 spiro atoms. The zero-order chi connectivity index (χ0) is 17.5. The fourth-order valence-electron chi connectivity index (χ4n) is 3.60. The highest BCUT2D eigenvalue weighted by atomic mass is 15.3. The number of fused-ring (bicyclic) bond motifs is 2. The number of nitrogens with zero attached hydrogens (tertiary/aromatic N) is 3. The van der Waals surface area contributed by atoms with E-state index >= 15 is 0 Å². The molecular formula is C23H17N3. The second-order valence-corrected chi connectivity index (χ2v) is 6.40. The maximum absolute atomic E-state index is 4.96. The summed E-state index contributed by atoms with van der Waals surface area (Å²) in [6.45, 7) is 2.06. The Balaban J connectivity index is 1.96. The Kier molecular flexibility index (Phi) is 3.32. The number of para-hydroxylation sites is 2. The van der Waals surface area contributed by atoms with Crippen molar-refractivity contribution in [3.63, 3.8) is 0 Å². The summed E-state index contributed by atoms with van der Waals surface area (Å²) >= 11 is 0. The molecule has 3 heteroatoms. The maximum Gasteiger partial charge on any atom is 0.164 e. The highest BCUT2D eigenvalue weighted by molar-refractivity contribution is 6.09. The van der Waals surface area contributed by atoms with Crippen molar-refractivity contribution in [1.29, 1.82) is 0 Å². The van der Waals surface area contributed by atoms with Gasteiger partial charge in [0, 0.05) is 10.9 Å². The van der Waals surface area contributed by atoms with Crippen LogP contribution in [0.5, 0.6) is 0 Å². The Bertz CT molecular complexity index is 1220. The fourth-order valence-corrected chi connectivity index (χ4v) is 3.60. The highest BCUT2D eigenvalue weighted by Crippen LogP contribution is 2.36. The molecule has 0 saturated carbocycles. The third-order valence-corrected chi connectivity index (χ3v) is 4.75. The van der Waals surface area contributed by atoms with Crippen molar-refractivity contribution in [1.82, 2.24) is 14.8 Å². The smallest absolute Gasteiger partial charge is 0.164 e. The van der Waals surface area contributed by atoms with Crippen molar-refractivity contribution >= 4 is 21.9 Å². The van der Waals surface area contributed by atoms with Gasteiger partial charge in [0.05, 0.1) is 22.3 Å². The predicted octanol–water partition coefficient (Wildman–Crippen LogP) is 5.55. The minimum atomic E-state index is 0.895. The Labute approximate surface area is 151 Å². The van der Waals surface area contributed by atoms with E-state index in [1.54, 1.807) is 0 Å². The van der Waals surface area contributed by atoms with Crippen LogP contribution in [-0.4, -0.2) is 14.8 Å². The summed E-state index contributed by atoms with van der Waals surface area (Å²) in [4.78, 5) is 4.96. The van der Waals surface area contributed by atoms with Crippen LogP contribution in [0.3, 0.4) is 0 Å². The van der Waals surface area contributed by atoms with Crippen LogP contribution in [0.15, 0.2) is 84.9 Å². The Hall–Kier alpha value is -3.46. The van der Waals surface area contributed by atoms with E-state index in [2.05, 4.69) is 61.5 Å². The summed E-state index contributed by atoms with van der Waals surface area (Å²) in [5.74, 6) is 0. The summed E-state index contributed by atoms with van der Waals surface area (Å²) in [5, 5.41) is 7.09. The van der Waals surface area contributed by atoms with E-state index in [4.69, 9.17) is 10.1 Å². The van der Waals surface area contributed by atoms with Crippen LogP contribution in [0.1, 0.15) is 5.69 Å². The van der Waals surface area contributed by atoms with E-state index in [-0.39, 0.29) is 0 Å². The third kappa shape index (κ3) is 2.21. The lowest BCUT2D eigenvalue weighted by atomic mass is 9.97. The first-order chi connectivity index (χ1) is 12.8. The molecule has 0 amide bonds. The Morgan fingerprint density at radius 1 is 0.731 bits per heavy atom. The van der Waals surface area contributed by atoms with Crippen LogP contribution >= 0.6 is 0 Å². The molecule has 5 aromatic rings. The van der Waals surface area contributed by atoms with E-state index in [0.717, 1.165) is 33.3 Å². The van der Waals surface area contributed by atoms with Gasteiger partial charge in [-0.3, -0.25) is 0 Å². The molecule has 0 atom stereocenters. The van der Waals surface area contributed by atoms with Crippen molar-refractivity contribution in [2.45, 2.75) is 6.92 Å². The zero-order valence-corrected chi connectivity index (χ0v) is 14.4. The van der Waals surface area contributed by atoms with E-state index in [9.17, 15) is 0 Å². The van der Waals surface area contributed by atoms with Crippen molar-refractivity contribution < 1.29 is 0 Å². The number of hydrogen-bond donors (Lipinski definition) is 0. The number of pyridine rings is 1. The monoisotopic (exact) mass is 335 g/mol. The molecule has 5 rings (SSSR count). The molecule has 0 radical (unpaired) electrons. The van der Waals surface area contributed by atoms with Gasteiger partial charge in [-0.25, -0.2) is 9.67 Å². The van der Waals surface area contributed by atoms with E-state index in [1.807, 2.05) is 35.0 Å². The van der Waals surface area contributed by atoms with Gasteiger partial charge in [0.1, 0.15) is 0 Å². The largest absolute Gasteiger partial charge is 0.228 e. The van der Waals surface area contributed by atoms with Gasteiger partial charge in [-0.15, -0.1) is 0 Å². The fraction of sp³-hybridized carbons (Fsp3) is 0.0435. The van der Waals surface area contributed by atoms with E-state index in [0.29, 0.717) is 0 Å². The van der Waals surface area contributed by atoms with Crippen LogP contribution in [-0.2, 0) is 0 Å². The number of aromatic nitrogens is 3. The number of benzene rings is 3. The second kappa shape index (κ2) is 5.81. The summed E-state index contributed by atoms with van der Waals surface area (Å²) in [5.41, 5.74) is 6.27. The van der Waals surface area contributed by atoms with Gasteiger partial charge in [0.15, 0.2) is 5.65 Å². The molecule has 0 aliphatic rings. The first-order valence-corrected chi connectivity index (χ1v) is 8.72. The van der Waals surface area contributed by atoms with Gasteiger partial charge in [0.2, 0.25) is 0 Å². The summed E-state index contributed by atoms with van der Waals surface area (Å²) in [7, 11) is 0. The van der Waals surface area contributed by atoms with E-state index < -0.39 is 0 Å². The van der Waals surface area contributed by atoms with Crippen LogP contribution in [0.2, 0.25) is 0 Å².